The molecule has 7 heteroatoms. The number of nitriles is 1. The van der Waals surface area contributed by atoms with Gasteiger partial charge in [0, 0.05) is 18.8 Å². The minimum Gasteiger partial charge on any atom is -0.399 e. The van der Waals surface area contributed by atoms with Crippen molar-refractivity contribution in [1.29, 1.82) is 5.26 Å². The third-order valence-corrected chi connectivity index (χ3v) is 4.10. The van der Waals surface area contributed by atoms with Gasteiger partial charge in [0.05, 0.1) is 16.1 Å². The molecule has 6 nitrogen and oxygen atoms in total. The summed E-state index contributed by atoms with van der Waals surface area (Å²) in [6.07, 6.45) is 0. The second-order valence-electron chi connectivity index (χ2n) is 4.88. The summed E-state index contributed by atoms with van der Waals surface area (Å²) >= 11 is 0. The van der Waals surface area contributed by atoms with E-state index in [9.17, 15) is 8.42 Å². The van der Waals surface area contributed by atoms with E-state index in [1.54, 1.807) is 13.8 Å². The fourth-order valence-electron chi connectivity index (χ4n) is 1.66. The summed E-state index contributed by atoms with van der Waals surface area (Å²) in [4.78, 5) is -0.0819. The number of hydrogen-bond donors (Lipinski definition) is 2. The van der Waals surface area contributed by atoms with Crippen LogP contribution in [0.1, 0.15) is 26.3 Å². The predicted octanol–water partition coefficient (Wildman–Crippen LogP) is 1.23. The Hall–Kier alpha value is -1.62. The minimum absolute atomic E-state index is 0.0201. The van der Waals surface area contributed by atoms with Crippen molar-refractivity contribution in [2.24, 2.45) is 0 Å². The zero-order chi connectivity index (χ0) is 15.4. The molecule has 1 aromatic carbocycles. The molecule has 0 amide bonds. The monoisotopic (exact) mass is 297 g/mol. The standard InChI is InChI=1S/C13H19N3O3S/c1-4-19-13(2,3)9-16-20(17,18)12-6-5-11(15)7-10(12)8-14/h5-7,16H,4,9,15H2,1-3H3. The third-order valence-electron chi connectivity index (χ3n) is 2.64. The molecule has 0 spiro atoms. The molecular weight excluding hydrogens is 278 g/mol. The van der Waals surface area contributed by atoms with Gasteiger partial charge in [0.25, 0.3) is 0 Å². The zero-order valence-corrected chi connectivity index (χ0v) is 12.6. The first-order chi connectivity index (χ1) is 9.22. The highest BCUT2D eigenvalue weighted by Crippen LogP contribution is 2.18. The number of nitrogen functional groups attached to an aromatic ring is 1. The Bertz CT molecular complexity index is 618. The zero-order valence-electron chi connectivity index (χ0n) is 11.8. The van der Waals surface area contributed by atoms with Crippen LogP contribution in [0.4, 0.5) is 5.69 Å². The Labute approximate surface area is 119 Å². The van der Waals surface area contributed by atoms with Crippen LogP contribution in [0.3, 0.4) is 0 Å². The molecule has 1 aromatic rings. The van der Waals surface area contributed by atoms with Crippen molar-refractivity contribution in [3.63, 3.8) is 0 Å². The number of sulfonamides is 1. The second-order valence-corrected chi connectivity index (χ2v) is 6.62. The van der Waals surface area contributed by atoms with E-state index in [4.69, 9.17) is 15.7 Å². The van der Waals surface area contributed by atoms with E-state index in [2.05, 4.69) is 4.72 Å². The predicted molar refractivity (Wildman–Crippen MR) is 76.5 cm³/mol. The lowest BCUT2D eigenvalue weighted by Gasteiger charge is -2.24. The molecule has 0 heterocycles. The number of rotatable bonds is 6. The molecule has 0 radical (unpaired) electrons. The van der Waals surface area contributed by atoms with Crippen LogP contribution in [0, 0.1) is 11.3 Å². The Morgan fingerprint density at radius 1 is 1.45 bits per heavy atom. The normalized spacial score (nSPS) is 12.1. The van der Waals surface area contributed by atoms with Gasteiger partial charge in [-0.25, -0.2) is 13.1 Å². The van der Waals surface area contributed by atoms with Gasteiger partial charge in [-0.3, -0.25) is 0 Å². The molecule has 1 rings (SSSR count). The highest BCUT2D eigenvalue weighted by atomic mass is 32.2. The second kappa shape index (κ2) is 6.22. The van der Waals surface area contributed by atoms with Gasteiger partial charge in [-0.15, -0.1) is 0 Å². The number of nitrogens with zero attached hydrogens (tertiary/aromatic N) is 1. The lowest BCUT2D eigenvalue weighted by Crippen LogP contribution is -2.40. The van der Waals surface area contributed by atoms with Crippen LogP contribution < -0.4 is 10.5 Å². The largest absolute Gasteiger partial charge is 0.399 e. The first kappa shape index (κ1) is 16.4. The number of anilines is 1. The lowest BCUT2D eigenvalue weighted by molar-refractivity contribution is -0.00515. The first-order valence-corrected chi connectivity index (χ1v) is 7.63. The van der Waals surface area contributed by atoms with E-state index in [-0.39, 0.29) is 17.0 Å². The molecular formula is C13H19N3O3S. The van der Waals surface area contributed by atoms with Gasteiger partial charge in [0.15, 0.2) is 0 Å². The van der Waals surface area contributed by atoms with Gasteiger partial charge >= 0.3 is 0 Å². The van der Waals surface area contributed by atoms with E-state index in [1.165, 1.54) is 18.2 Å². The maximum atomic E-state index is 12.2. The number of benzene rings is 1. The van der Waals surface area contributed by atoms with E-state index < -0.39 is 15.6 Å². The highest BCUT2D eigenvalue weighted by Gasteiger charge is 2.24. The lowest BCUT2D eigenvalue weighted by atomic mass is 10.1. The van der Waals surface area contributed by atoms with Gasteiger partial charge in [-0.2, -0.15) is 5.26 Å². The van der Waals surface area contributed by atoms with Crippen molar-refractivity contribution in [3.8, 4) is 6.07 Å². The topological polar surface area (TPSA) is 105 Å². The van der Waals surface area contributed by atoms with E-state index in [1.807, 2.05) is 13.0 Å². The fraction of sp³-hybridized carbons (Fsp3) is 0.462. The summed E-state index contributed by atoms with van der Waals surface area (Å²) in [6.45, 7) is 6.00. The smallest absolute Gasteiger partial charge is 0.241 e. The molecule has 0 saturated heterocycles. The summed E-state index contributed by atoms with van der Waals surface area (Å²) in [6, 6.07) is 5.94. The maximum Gasteiger partial charge on any atom is 0.241 e. The molecule has 0 bridgehead atoms. The Balaban J connectivity index is 2.99. The van der Waals surface area contributed by atoms with Crippen LogP contribution in [-0.2, 0) is 14.8 Å². The van der Waals surface area contributed by atoms with Crippen molar-refractivity contribution in [2.45, 2.75) is 31.3 Å². The van der Waals surface area contributed by atoms with Gasteiger partial charge < -0.3 is 10.5 Å². The van der Waals surface area contributed by atoms with Crippen LogP contribution in [0.15, 0.2) is 23.1 Å². The molecule has 0 aliphatic heterocycles. The molecule has 20 heavy (non-hydrogen) atoms. The summed E-state index contributed by atoms with van der Waals surface area (Å²) in [5.41, 5.74) is 5.28. The Morgan fingerprint density at radius 3 is 2.65 bits per heavy atom. The molecule has 0 aliphatic rings. The van der Waals surface area contributed by atoms with Crippen molar-refractivity contribution in [3.05, 3.63) is 23.8 Å². The van der Waals surface area contributed by atoms with Gasteiger partial charge in [-0.05, 0) is 39.0 Å². The molecule has 0 saturated carbocycles. The number of ether oxygens (including phenoxy) is 1. The Kier molecular flexibility index (Phi) is 5.11. The fourth-order valence-corrected chi connectivity index (χ4v) is 2.99. The highest BCUT2D eigenvalue weighted by molar-refractivity contribution is 7.89. The van der Waals surface area contributed by atoms with Crippen molar-refractivity contribution >= 4 is 15.7 Å². The first-order valence-electron chi connectivity index (χ1n) is 6.15. The van der Waals surface area contributed by atoms with Crippen molar-refractivity contribution in [2.75, 3.05) is 18.9 Å². The third kappa shape index (κ3) is 4.20. The minimum atomic E-state index is -3.78. The average Bonchev–Trinajstić information content (AvgIpc) is 2.36. The van der Waals surface area contributed by atoms with Gasteiger partial charge in [0.1, 0.15) is 6.07 Å². The van der Waals surface area contributed by atoms with Crippen LogP contribution >= 0.6 is 0 Å². The van der Waals surface area contributed by atoms with E-state index >= 15 is 0 Å². The SMILES string of the molecule is CCOC(C)(C)CNS(=O)(=O)c1ccc(N)cc1C#N. The summed E-state index contributed by atoms with van der Waals surface area (Å²) < 4.78 is 32.3. The van der Waals surface area contributed by atoms with Gasteiger partial charge in [0.2, 0.25) is 10.0 Å². The Morgan fingerprint density at radius 2 is 2.10 bits per heavy atom. The van der Waals surface area contributed by atoms with Gasteiger partial charge in [-0.1, -0.05) is 0 Å². The number of nitrogens with one attached hydrogen (secondary N) is 1. The summed E-state index contributed by atoms with van der Waals surface area (Å²) in [7, 11) is -3.78. The summed E-state index contributed by atoms with van der Waals surface area (Å²) in [5, 5.41) is 9.00. The van der Waals surface area contributed by atoms with Crippen LogP contribution in [0.2, 0.25) is 0 Å². The maximum absolute atomic E-state index is 12.2. The number of hydrogen-bond acceptors (Lipinski definition) is 5. The number of nitrogens with two attached hydrogens (primary N) is 1. The molecule has 0 aliphatic carbocycles. The van der Waals surface area contributed by atoms with Crippen LogP contribution in [0.5, 0.6) is 0 Å². The molecule has 3 N–H and O–H groups in total. The molecule has 0 fully saturated rings. The van der Waals surface area contributed by atoms with Crippen LogP contribution in [-0.4, -0.2) is 27.2 Å². The van der Waals surface area contributed by atoms with Crippen LogP contribution in [0.25, 0.3) is 0 Å². The van der Waals surface area contributed by atoms with Crippen molar-refractivity contribution < 1.29 is 13.2 Å². The summed E-state index contributed by atoms with van der Waals surface area (Å²) in [5.74, 6) is 0. The molecule has 0 atom stereocenters. The average molecular weight is 297 g/mol. The molecule has 110 valence electrons. The molecule has 0 unspecified atom stereocenters. The van der Waals surface area contributed by atoms with E-state index in [0.717, 1.165) is 0 Å². The van der Waals surface area contributed by atoms with Crippen molar-refractivity contribution in [1.82, 2.24) is 4.72 Å². The molecule has 0 aromatic heterocycles. The van der Waals surface area contributed by atoms with E-state index in [0.29, 0.717) is 12.3 Å². The quantitative estimate of drug-likeness (QED) is 0.768.